The average Bonchev–Trinajstić information content (AvgIpc) is 3.14. The molecule has 2 aromatic rings. The van der Waals surface area contributed by atoms with Crippen molar-refractivity contribution in [1.29, 1.82) is 0 Å². The molecule has 1 aliphatic heterocycles. The summed E-state index contributed by atoms with van der Waals surface area (Å²) in [4.78, 5) is 24.9. The van der Waals surface area contributed by atoms with Crippen molar-refractivity contribution in [3.63, 3.8) is 0 Å². The highest BCUT2D eigenvalue weighted by Gasteiger charge is 2.18. The van der Waals surface area contributed by atoms with Crippen LogP contribution in [0.4, 0.5) is 5.69 Å². The number of hydrogen-bond acceptors (Lipinski definition) is 4. The van der Waals surface area contributed by atoms with Gasteiger partial charge in [0.05, 0.1) is 11.7 Å². The number of benzene rings is 2. The molecule has 1 aliphatic rings. The molecule has 1 fully saturated rings. The van der Waals surface area contributed by atoms with E-state index < -0.39 is 0 Å². The lowest BCUT2D eigenvalue weighted by Gasteiger charge is -2.12. The van der Waals surface area contributed by atoms with Gasteiger partial charge in [0.15, 0.2) is 5.78 Å². The van der Waals surface area contributed by atoms with Gasteiger partial charge in [-0.3, -0.25) is 9.59 Å². The van der Waals surface area contributed by atoms with E-state index in [2.05, 4.69) is 5.32 Å². The summed E-state index contributed by atoms with van der Waals surface area (Å²) in [5.41, 5.74) is 1.96. The minimum absolute atomic E-state index is 0.00811. The molecule has 0 aliphatic carbocycles. The number of carbonyl (C=O) groups is 2. The zero-order valence-electron chi connectivity index (χ0n) is 14.2. The lowest BCUT2D eigenvalue weighted by atomic mass is 10.1. The number of amides is 1. The number of Topliss-reactive ketones (excluding diaryl/α,β-unsaturated/α-hetero) is 1. The third-order valence-corrected chi connectivity index (χ3v) is 5.34. The first kappa shape index (κ1) is 17.7. The number of ketones is 1. The van der Waals surface area contributed by atoms with Gasteiger partial charge < -0.3 is 10.1 Å². The van der Waals surface area contributed by atoms with Gasteiger partial charge in [0.1, 0.15) is 0 Å². The predicted octanol–water partition coefficient (Wildman–Crippen LogP) is 4.41. The Kier molecular flexibility index (Phi) is 5.89. The fourth-order valence-corrected chi connectivity index (χ4v) is 3.84. The normalized spacial score (nSPS) is 16.6. The van der Waals surface area contributed by atoms with Crippen molar-refractivity contribution in [2.24, 2.45) is 0 Å². The fourth-order valence-electron chi connectivity index (χ4n) is 2.73. The minimum Gasteiger partial charge on any atom is -0.377 e. The third kappa shape index (κ3) is 4.71. The summed E-state index contributed by atoms with van der Waals surface area (Å²) < 4.78 is 5.65. The zero-order valence-corrected chi connectivity index (χ0v) is 15.0. The lowest BCUT2D eigenvalue weighted by Crippen LogP contribution is -2.14. The van der Waals surface area contributed by atoms with Crippen LogP contribution in [0.2, 0.25) is 0 Å². The number of carbonyl (C=O) groups excluding carboxylic acids is 2. The van der Waals surface area contributed by atoms with Gasteiger partial charge in [0.25, 0.3) is 5.91 Å². The first-order valence-corrected chi connectivity index (χ1v) is 9.38. The third-order valence-electron chi connectivity index (χ3n) is 4.13. The molecule has 1 heterocycles. The van der Waals surface area contributed by atoms with E-state index in [-0.39, 0.29) is 17.8 Å². The molecule has 1 unspecified atom stereocenters. The van der Waals surface area contributed by atoms with Crippen LogP contribution >= 0.6 is 11.8 Å². The van der Waals surface area contributed by atoms with Crippen LogP contribution in [0.3, 0.4) is 0 Å². The largest absolute Gasteiger partial charge is 0.377 e. The van der Waals surface area contributed by atoms with Crippen LogP contribution in [0, 0.1) is 0 Å². The number of ether oxygens (including phenoxy) is 1. The number of anilines is 1. The molecular formula is C20H21NO3S. The number of rotatable bonds is 6. The summed E-state index contributed by atoms with van der Waals surface area (Å²) in [6.07, 6.45) is 2.48. The van der Waals surface area contributed by atoms with Crippen molar-refractivity contribution in [3.05, 3.63) is 59.7 Å². The van der Waals surface area contributed by atoms with E-state index >= 15 is 0 Å². The second-order valence-electron chi connectivity index (χ2n) is 6.03. The van der Waals surface area contributed by atoms with Crippen LogP contribution in [-0.4, -0.2) is 30.2 Å². The molecular weight excluding hydrogens is 334 g/mol. The molecule has 3 rings (SSSR count). The SMILES string of the molecule is CC(=O)c1ccc(NC(=O)c2ccccc2SCC2CCCO2)cc1. The molecule has 0 aromatic heterocycles. The highest BCUT2D eigenvalue weighted by atomic mass is 32.2. The summed E-state index contributed by atoms with van der Waals surface area (Å²) in [6, 6.07) is 14.5. The quantitative estimate of drug-likeness (QED) is 0.616. The number of nitrogens with one attached hydrogen (secondary N) is 1. The predicted molar refractivity (Wildman–Crippen MR) is 101 cm³/mol. The second-order valence-corrected chi connectivity index (χ2v) is 7.09. The first-order chi connectivity index (χ1) is 12.1. The van der Waals surface area contributed by atoms with Crippen molar-refractivity contribution in [2.45, 2.75) is 30.8 Å². The van der Waals surface area contributed by atoms with Gasteiger partial charge in [-0.05, 0) is 56.2 Å². The van der Waals surface area contributed by atoms with Gasteiger partial charge in [-0.15, -0.1) is 11.8 Å². The molecule has 1 amide bonds. The summed E-state index contributed by atoms with van der Waals surface area (Å²) in [6.45, 7) is 2.36. The molecule has 0 spiro atoms. The van der Waals surface area contributed by atoms with Crippen LogP contribution in [0.25, 0.3) is 0 Å². The Balaban J connectivity index is 1.67. The van der Waals surface area contributed by atoms with Crippen molar-refractivity contribution in [2.75, 3.05) is 17.7 Å². The Morgan fingerprint density at radius 3 is 2.60 bits per heavy atom. The molecule has 2 aromatic carbocycles. The smallest absolute Gasteiger partial charge is 0.256 e. The van der Waals surface area contributed by atoms with Crippen LogP contribution in [-0.2, 0) is 4.74 Å². The molecule has 0 bridgehead atoms. The van der Waals surface area contributed by atoms with E-state index in [0.29, 0.717) is 16.8 Å². The fraction of sp³-hybridized carbons (Fsp3) is 0.300. The maximum absolute atomic E-state index is 12.6. The van der Waals surface area contributed by atoms with Crippen molar-refractivity contribution in [3.8, 4) is 0 Å². The molecule has 4 nitrogen and oxygen atoms in total. The van der Waals surface area contributed by atoms with E-state index in [1.54, 1.807) is 36.0 Å². The van der Waals surface area contributed by atoms with Crippen LogP contribution in [0.1, 0.15) is 40.5 Å². The zero-order chi connectivity index (χ0) is 17.6. The molecule has 5 heteroatoms. The maximum Gasteiger partial charge on any atom is 0.256 e. The van der Waals surface area contributed by atoms with E-state index in [0.717, 1.165) is 30.1 Å². The second kappa shape index (κ2) is 8.32. The Hall–Kier alpha value is -2.11. The van der Waals surface area contributed by atoms with Gasteiger partial charge in [-0.2, -0.15) is 0 Å². The van der Waals surface area contributed by atoms with Gasteiger partial charge in [-0.25, -0.2) is 0 Å². The van der Waals surface area contributed by atoms with E-state index in [1.165, 1.54) is 6.92 Å². The Bertz CT molecular complexity index is 752. The highest BCUT2D eigenvalue weighted by molar-refractivity contribution is 7.99. The van der Waals surface area contributed by atoms with E-state index in [1.807, 2.05) is 24.3 Å². The number of hydrogen-bond donors (Lipinski definition) is 1. The Morgan fingerprint density at radius 2 is 1.92 bits per heavy atom. The summed E-state index contributed by atoms with van der Waals surface area (Å²) in [7, 11) is 0. The molecule has 25 heavy (non-hydrogen) atoms. The van der Waals surface area contributed by atoms with Crippen molar-refractivity contribution in [1.82, 2.24) is 0 Å². The Morgan fingerprint density at radius 1 is 1.16 bits per heavy atom. The van der Waals surface area contributed by atoms with E-state index in [9.17, 15) is 9.59 Å². The summed E-state index contributed by atoms with van der Waals surface area (Å²) in [5.74, 6) is 0.720. The van der Waals surface area contributed by atoms with Gasteiger partial charge in [0, 0.05) is 28.5 Å². The first-order valence-electron chi connectivity index (χ1n) is 8.39. The Labute approximate surface area is 152 Å². The summed E-state index contributed by atoms with van der Waals surface area (Å²) >= 11 is 1.66. The molecule has 0 radical (unpaired) electrons. The topological polar surface area (TPSA) is 55.4 Å². The molecule has 0 saturated carbocycles. The van der Waals surface area contributed by atoms with Gasteiger partial charge >= 0.3 is 0 Å². The average molecular weight is 355 g/mol. The van der Waals surface area contributed by atoms with Crippen LogP contribution in [0.5, 0.6) is 0 Å². The molecule has 1 atom stereocenters. The van der Waals surface area contributed by atoms with Gasteiger partial charge in [-0.1, -0.05) is 12.1 Å². The monoisotopic (exact) mass is 355 g/mol. The van der Waals surface area contributed by atoms with Crippen LogP contribution < -0.4 is 5.32 Å². The molecule has 130 valence electrons. The molecule has 1 saturated heterocycles. The highest BCUT2D eigenvalue weighted by Crippen LogP contribution is 2.27. The minimum atomic E-state index is -0.147. The molecule has 1 N–H and O–H groups in total. The van der Waals surface area contributed by atoms with Crippen LogP contribution in [0.15, 0.2) is 53.4 Å². The van der Waals surface area contributed by atoms with Gasteiger partial charge in [0.2, 0.25) is 0 Å². The number of thioether (sulfide) groups is 1. The van der Waals surface area contributed by atoms with E-state index in [4.69, 9.17) is 4.74 Å². The summed E-state index contributed by atoms with van der Waals surface area (Å²) in [5, 5.41) is 2.90. The maximum atomic E-state index is 12.6. The van der Waals surface area contributed by atoms with Crippen molar-refractivity contribution < 1.29 is 14.3 Å². The lowest BCUT2D eigenvalue weighted by molar-refractivity contribution is 0.101. The standard InChI is InChI=1S/C20H21NO3S/c1-14(22)15-8-10-16(11-9-15)21-20(23)18-6-2-3-7-19(18)25-13-17-5-4-12-24-17/h2-3,6-11,17H,4-5,12-13H2,1H3,(H,21,23). The van der Waals surface area contributed by atoms with Crippen molar-refractivity contribution >= 4 is 29.1 Å².